The van der Waals surface area contributed by atoms with E-state index < -0.39 is 0 Å². The van der Waals surface area contributed by atoms with Crippen molar-refractivity contribution in [1.29, 1.82) is 0 Å². The second-order valence-electron chi connectivity index (χ2n) is 5.32. The van der Waals surface area contributed by atoms with Gasteiger partial charge in [0.2, 0.25) is 0 Å². The van der Waals surface area contributed by atoms with E-state index in [1.165, 1.54) is 30.4 Å². The highest BCUT2D eigenvalue weighted by Gasteiger charge is 2.37. The molecule has 1 aliphatic heterocycles. The van der Waals surface area contributed by atoms with Crippen molar-refractivity contribution in [3.8, 4) is 5.75 Å². The van der Waals surface area contributed by atoms with Gasteiger partial charge < -0.3 is 4.74 Å². The highest BCUT2D eigenvalue weighted by molar-refractivity contribution is 6.30. The predicted molar refractivity (Wildman–Crippen MR) is 71.4 cm³/mol. The number of hydrogen-bond acceptors (Lipinski definition) is 1. The highest BCUT2D eigenvalue weighted by Crippen LogP contribution is 2.47. The van der Waals surface area contributed by atoms with Gasteiger partial charge in [-0.25, -0.2) is 0 Å². The third-order valence-electron chi connectivity index (χ3n) is 4.09. The van der Waals surface area contributed by atoms with Crippen LogP contribution in [0.3, 0.4) is 0 Å². The first-order chi connectivity index (χ1) is 8.22. The van der Waals surface area contributed by atoms with Gasteiger partial charge in [-0.1, -0.05) is 18.0 Å². The average Bonchev–Trinajstić information content (AvgIpc) is 2.71. The lowest BCUT2D eigenvalue weighted by Gasteiger charge is -2.40. The first-order valence-corrected chi connectivity index (χ1v) is 7.14. The fourth-order valence-electron chi connectivity index (χ4n) is 2.92. The minimum atomic E-state index is 0.298. The van der Waals surface area contributed by atoms with E-state index in [2.05, 4.69) is 6.07 Å². The molecule has 0 aromatic heterocycles. The van der Waals surface area contributed by atoms with Crippen molar-refractivity contribution in [2.45, 2.75) is 32.1 Å². The number of fused-ring (bicyclic) bond motifs is 1. The molecule has 0 amide bonds. The molecule has 3 rings (SSSR count). The van der Waals surface area contributed by atoms with Crippen molar-refractivity contribution in [2.75, 3.05) is 12.5 Å². The van der Waals surface area contributed by atoms with Crippen LogP contribution in [0.5, 0.6) is 5.75 Å². The summed E-state index contributed by atoms with van der Waals surface area (Å²) in [5.74, 6) is 1.82. The second kappa shape index (κ2) is 4.37. The van der Waals surface area contributed by atoms with Crippen molar-refractivity contribution in [2.24, 2.45) is 5.41 Å². The maximum absolute atomic E-state index is 6.17. The molecule has 1 heterocycles. The Morgan fingerprint density at radius 3 is 2.76 bits per heavy atom. The molecule has 1 aromatic rings. The van der Waals surface area contributed by atoms with Crippen LogP contribution in [0, 0.1) is 5.41 Å². The Morgan fingerprint density at radius 1 is 1.29 bits per heavy atom. The van der Waals surface area contributed by atoms with E-state index in [0.29, 0.717) is 5.41 Å². The maximum Gasteiger partial charge on any atom is 0.125 e. The Hall–Kier alpha value is -0.400. The van der Waals surface area contributed by atoms with Crippen molar-refractivity contribution < 1.29 is 4.74 Å². The molecular formula is C14H16Cl2O. The molecule has 1 aromatic carbocycles. The summed E-state index contributed by atoms with van der Waals surface area (Å²) in [5, 5.41) is 0.827. The molecule has 1 aliphatic carbocycles. The monoisotopic (exact) mass is 270 g/mol. The van der Waals surface area contributed by atoms with Gasteiger partial charge in [0.1, 0.15) is 5.75 Å². The quantitative estimate of drug-likeness (QED) is 0.748. The van der Waals surface area contributed by atoms with Crippen LogP contribution in [-0.4, -0.2) is 12.5 Å². The number of halogens is 2. The summed E-state index contributed by atoms with van der Waals surface area (Å²) >= 11 is 12.3. The number of ether oxygens (including phenoxy) is 1. The van der Waals surface area contributed by atoms with E-state index in [-0.39, 0.29) is 0 Å². The molecule has 0 bridgehead atoms. The molecule has 0 atom stereocenters. The number of benzene rings is 1. The minimum absolute atomic E-state index is 0.298. The SMILES string of the molecule is ClCC1(Cc2cc(Cl)cc3c2OCC3)CCC1. The molecule has 92 valence electrons. The zero-order valence-electron chi connectivity index (χ0n) is 9.77. The fraction of sp³-hybridized carbons (Fsp3) is 0.571. The lowest BCUT2D eigenvalue weighted by atomic mass is 9.66. The number of rotatable bonds is 3. The summed E-state index contributed by atoms with van der Waals surface area (Å²) in [7, 11) is 0. The van der Waals surface area contributed by atoms with Gasteiger partial charge in [0, 0.05) is 17.3 Å². The fourth-order valence-corrected chi connectivity index (χ4v) is 3.54. The van der Waals surface area contributed by atoms with E-state index >= 15 is 0 Å². The average molecular weight is 271 g/mol. The van der Waals surface area contributed by atoms with Crippen LogP contribution in [0.1, 0.15) is 30.4 Å². The summed E-state index contributed by atoms with van der Waals surface area (Å²) in [5.41, 5.74) is 2.81. The molecule has 0 saturated heterocycles. The first kappa shape index (κ1) is 11.7. The summed E-state index contributed by atoms with van der Waals surface area (Å²) in [4.78, 5) is 0. The van der Waals surface area contributed by atoms with Crippen molar-refractivity contribution in [1.82, 2.24) is 0 Å². The van der Waals surface area contributed by atoms with Crippen molar-refractivity contribution in [3.05, 3.63) is 28.3 Å². The highest BCUT2D eigenvalue weighted by atomic mass is 35.5. The Labute approximate surface area is 112 Å². The lowest BCUT2D eigenvalue weighted by molar-refractivity contribution is 0.164. The Kier molecular flexibility index (Phi) is 3.00. The summed E-state index contributed by atoms with van der Waals surface area (Å²) in [6, 6.07) is 4.08. The summed E-state index contributed by atoms with van der Waals surface area (Å²) in [6.45, 7) is 0.788. The topological polar surface area (TPSA) is 9.23 Å². The van der Waals surface area contributed by atoms with Gasteiger partial charge >= 0.3 is 0 Å². The van der Waals surface area contributed by atoms with Crippen LogP contribution in [0.15, 0.2) is 12.1 Å². The molecule has 1 nitrogen and oxygen atoms in total. The third kappa shape index (κ3) is 2.04. The smallest absolute Gasteiger partial charge is 0.125 e. The molecule has 0 spiro atoms. The molecular weight excluding hydrogens is 255 g/mol. The van der Waals surface area contributed by atoms with Gasteiger partial charge in [-0.15, -0.1) is 11.6 Å². The van der Waals surface area contributed by atoms with Crippen LogP contribution < -0.4 is 4.74 Å². The molecule has 1 saturated carbocycles. The molecule has 17 heavy (non-hydrogen) atoms. The lowest BCUT2D eigenvalue weighted by Crippen LogP contribution is -2.33. The molecule has 0 radical (unpaired) electrons. The summed E-state index contributed by atoms with van der Waals surface area (Å²) < 4.78 is 5.74. The van der Waals surface area contributed by atoms with E-state index in [1.807, 2.05) is 6.07 Å². The maximum atomic E-state index is 6.17. The number of hydrogen-bond donors (Lipinski definition) is 0. The second-order valence-corrected chi connectivity index (χ2v) is 6.02. The van der Waals surface area contributed by atoms with E-state index in [9.17, 15) is 0 Å². The van der Waals surface area contributed by atoms with Gasteiger partial charge in [0.25, 0.3) is 0 Å². The van der Waals surface area contributed by atoms with E-state index in [4.69, 9.17) is 27.9 Å². The van der Waals surface area contributed by atoms with Gasteiger partial charge in [0.05, 0.1) is 6.61 Å². The molecule has 2 aliphatic rings. The van der Waals surface area contributed by atoms with Crippen LogP contribution in [0.25, 0.3) is 0 Å². The zero-order chi connectivity index (χ0) is 11.9. The predicted octanol–water partition coefficient (Wildman–Crippen LogP) is 4.23. The molecule has 1 fully saturated rings. The van der Waals surface area contributed by atoms with Crippen molar-refractivity contribution in [3.63, 3.8) is 0 Å². The Balaban J connectivity index is 1.92. The largest absolute Gasteiger partial charge is 0.493 e. The van der Waals surface area contributed by atoms with Crippen LogP contribution in [0.2, 0.25) is 5.02 Å². The molecule has 0 N–H and O–H groups in total. The standard InChI is InChI=1S/C14H16Cl2O/c15-9-14(3-1-4-14)8-11-7-12(16)6-10-2-5-17-13(10)11/h6-7H,1-5,8-9H2. The van der Waals surface area contributed by atoms with Gasteiger partial charge in [-0.05, 0) is 47.9 Å². The third-order valence-corrected chi connectivity index (χ3v) is 4.87. The van der Waals surface area contributed by atoms with Crippen LogP contribution in [-0.2, 0) is 12.8 Å². The Bertz CT molecular complexity index is 433. The Morgan fingerprint density at radius 2 is 2.12 bits per heavy atom. The van der Waals surface area contributed by atoms with Crippen LogP contribution in [0.4, 0.5) is 0 Å². The van der Waals surface area contributed by atoms with Crippen LogP contribution >= 0.6 is 23.2 Å². The minimum Gasteiger partial charge on any atom is -0.493 e. The van der Waals surface area contributed by atoms with E-state index in [0.717, 1.165) is 36.1 Å². The van der Waals surface area contributed by atoms with Gasteiger partial charge in [0.15, 0.2) is 0 Å². The molecule has 3 heteroatoms. The van der Waals surface area contributed by atoms with Crippen molar-refractivity contribution >= 4 is 23.2 Å². The molecule has 0 unspecified atom stereocenters. The van der Waals surface area contributed by atoms with Gasteiger partial charge in [-0.2, -0.15) is 0 Å². The first-order valence-electron chi connectivity index (χ1n) is 6.23. The number of alkyl halides is 1. The van der Waals surface area contributed by atoms with Gasteiger partial charge in [-0.3, -0.25) is 0 Å². The normalized spacial score (nSPS) is 20.6. The zero-order valence-corrected chi connectivity index (χ0v) is 11.3. The summed E-state index contributed by atoms with van der Waals surface area (Å²) in [6.07, 6.45) is 5.77. The van der Waals surface area contributed by atoms with E-state index in [1.54, 1.807) is 0 Å².